The van der Waals surface area contributed by atoms with Crippen molar-refractivity contribution in [1.29, 1.82) is 0 Å². The molecule has 0 aliphatic heterocycles. The fourth-order valence-corrected chi connectivity index (χ4v) is 1.90. The van der Waals surface area contributed by atoms with Gasteiger partial charge in [0.1, 0.15) is 0 Å². The molecule has 0 fully saturated rings. The van der Waals surface area contributed by atoms with Crippen molar-refractivity contribution in [3.05, 3.63) is 47.5 Å². The second-order valence-electron chi connectivity index (χ2n) is 4.37. The van der Waals surface area contributed by atoms with Crippen LogP contribution in [-0.4, -0.2) is 21.3 Å². The van der Waals surface area contributed by atoms with Crippen LogP contribution < -0.4 is 5.32 Å². The maximum Gasteiger partial charge on any atom is 0.417 e. The molecule has 0 spiro atoms. The first-order chi connectivity index (χ1) is 9.41. The Morgan fingerprint density at radius 3 is 2.45 bits per heavy atom. The number of aryl methyl sites for hydroxylation is 1. The van der Waals surface area contributed by atoms with Crippen LogP contribution in [0.25, 0.3) is 0 Å². The molecule has 0 saturated carbocycles. The van der Waals surface area contributed by atoms with Crippen molar-refractivity contribution in [2.75, 3.05) is 6.54 Å². The number of halogens is 3. The van der Waals surface area contributed by atoms with Gasteiger partial charge < -0.3 is 5.32 Å². The molecule has 2 aromatic heterocycles. The van der Waals surface area contributed by atoms with Gasteiger partial charge in [-0.3, -0.25) is 9.67 Å². The van der Waals surface area contributed by atoms with Crippen molar-refractivity contribution >= 4 is 0 Å². The van der Waals surface area contributed by atoms with Gasteiger partial charge in [0.05, 0.1) is 23.0 Å². The third-order valence-electron chi connectivity index (χ3n) is 2.85. The van der Waals surface area contributed by atoms with Crippen LogP contribution in [0.2, 0.25) is 0 Å². The predicted molar refractivity (Wildman–Crippen MR) is 68.0 cm³/mol. The Labute approximate surface area is 114 Å². The Morgan fingerprint density at radius 2 is 2.00 bits per heavy atom. The molecule has 2 aromatic rings. The molecule has 2 rings (SSSR count). The van der Waals surface area contributed by atoms with E-state index in [2.05, 4.69) is 15.4 Å². The van der Waals surface area contributed by atoms with E-state index in [0.29, 0.717) is 12.2 Å². The summed E-state index contributed by atoms with van der Waals surface area (Å²) in [6.07, 6.45) is -1.74. The predicted octanol–water partition coefficient (Wildman–Crippen LogP) is 2.53. The summed E-state index contributed by atoms with van der Waals surface area (Å²) in [6.45, 7) is 2.57. The molecule has 0 aromatic carbocycles. The number of pyridine rings is 1. The zero-order chi connectivity index (χ0) is 14.8. The van der Waals surface area contributed by atoms with Crippen molar-refractivity contribution in [2.45, 2.75) is 19.1 Å². The Bertz CT molecular complexity index is 560. The van der Waals surface area contributed by atoms with Crippen molar-refractivity contribution < 1.29 is 13.2 Å². The Morgan fingerprint density at radius 1 is 1.25 bits per heavy atom. The first-order valence-corrected chi connectivity index (χ1v) is 6.18. The van der Waals surface area contributed by atoms with E-state index in [1.165, 1.54) is 6.07 Å². The number of hydrogen-bond acceptors (Lipinski definition) is 3. The lowest BCUT2D eigenvalue weighted by molar-refractivity contribution is -0.137. The van der Waals surface area contributed by atoms with Gasteiger partial charge in [0.2, 0.25) is 0 Å². The Balaban J connectivity index is 2.30. The molecule has 0 saturated heterocycles. The smallest absolute Gasteiger partial charge is 0.304 e. The maximum atomic E-state index is 12.5. The first kappa shape index (κ1) is 14.5. The highest BCUT2D eigenvalue weighted by molar-refractivity contribution is 5.24. The van der Waals surface area contributed by atoms with Gasteiger partial charge in [0.15, 0.2) is 0 Å². The Hall–Kier alpha value is -1.89. The topological polar surface area (TPSA) is 42.7 Å². The molecular weight excluding hydrogens is 269 g/mol. The zero-order valence-electron chi connectivity index (χ0n) is 11.1. The zero-order valence-corrected chi connectivity index (χ0v) is 11.1. The average Bonchev–Trinajstić information content (AvgIpc) is 2.81. The van der Waals surface area contributed by atoms with Gasteiger partial charge in [-0.05, 0) is 24.7 Å². The van der Waals surface area contributed by atoms with E-state index in [9.17, 15) is 13.2 Å². The molecule has 4 nitrogen and oxygen atoms in total. The summed E-state index contributed by atoms with van der Waals surface area (Å²) in [5, 5.41) is 7.44. The minimum absolute atomic E-state index is 0.316. The number of rotatable bonds is 4. The molecule has 108 valence electrons. The molecule has 0 radical (unpaired) electrons. The highest BCUT2D eigenvalue weighted by Crippen LogP contribution is 2.29. The third-order valence-corrected chi connectivity index (χ3v) is 2.85. The fraction of sp³-hybridized carbons (Fsp3) is 0.385. The SMILES string of the molecule is CCNC(c1ccc(C(F)(F)F)cn1)c1ccn(C)n1. The number of alkyl halides is 3. The second kappa shape index (κ2) is 5.62. The molecule has 0 aliphatic rings. The van der Waals surface area contributed by atoms with Crippen molar-refractivity contribution in [2.24, 2.45) is 7.05 Å². The van der Waals surface area contributed by atoms with E-state index in [-0.39, 0.29) is 6.04 Å². The monoisotopic (exact) mass is 284 g/mol. The highest BCUT2D eigenvalue weighted by atomic mass is 19.4. The second-order valence-corrected chi connectivity index (χ2v) is 4.37. The molecular formula is C13H15F3N4. The summed E-state index contributed by atoms with van der Waals surface area (Å²) in [4.78, 5) is 3.92. The molecule has 0 bridgehead atoms. The van der Waals surface area contributed by atoms with Gasteiger partial charge in [-0.2, -0.15) is 18.3 Å². The summed E-state index contributed by atoms with van der Waals surface area (Å²) >= 11 is 0. The number of hydrogen-bond donors (Lipinski definition) is 1. The number of nitrogens with one attached hydrogen (secondary N) is 1. The summed E-state index contributed by atoms with van der Waals surface area (Å²) in [6, 6.07) is 3.91. The van der Waals surface area contributed by atoms with Gasteiger partial charge in [-0.1, -0.05) is 6.92 Å². The van der Waals surface area contributed by atoms with Crippen LogP contribution in [0.15, 0.2) is 30.6 Å². The number of nitrogens with zero attached hydrogens (tertiary/aromatic N) is 3. The van der Waals surface area contributed by atoms with Gasteiger partial charge in [-0.25, -0.2) is 0 Å². The van der Waals surface area contributed by atoms with E-state index < -0.39 is 11.7 Å². The maximum absolute atomic E-state index is 12.5. The van der Waals surface area contributed by atoms with E-state index in [1.807, 2.05) is 13.0 Å². The largest absolute Gasteiger partial charge is 0.417 e. The van der Waals surface area contributed by atoms with E-state index in [1.54, 1.807) is 17.9 Å². The summed E-state index contributed by atoms with van der Waals surface area (Å²) in [5.41, 5.74) is 0.484. The standard InChI is InChI=1S/C13H15F3N4/c1-3-17-12(11-6-7-20(2)19-11)10-5-4-9(8-18-10)13(14,15)16/h4-8,12,17H,3H2,1-2H3. The van der Waals surface area contributed by atoms with Crippen LogP contribution >= 0.6 is 0 Å². The van der Waals surface area contributed by atoms with E-state index in [0.717, 1.165) is 18.0 Å². The van der Waals surface area contributed by atoms with Gasteiger partial charge in [-0.15, -0.1) is 0 Å². The minimum Gasteiger partial charge on any atom is -0.304 e. The highest BCUT2D eigenvalue weighted by Gasteiger charge is 2.31. The van der Waals surface area contributed by atoms with Crippen LogP contribution in [0.3, 0.4) is 0 Å². The molecule has 20 heavy (non-hydrogen) atoms. The summed E-state index contributed by atoms with van der Waals surface area (Å²) in [7, 11) is 1.78. The van der Waals surface area contributed by atoms with Crippen molar-refractivity contribution in [3.8, 4) is 0 Å². The van der Waals surface area contributed by atoms with Crippen LogP contribution in [0, 0.1) is 0 Å². The van der Waals surface area contributed by atoms with Crippen LogP contribution in [0.1, 0.15) is 29.9 Å². The van der Waals surface area contributed by atoms with Gasteiger partial charge >= 0.3 is 6.18 Å². The first-order valence-electron chi connectivity index (χ1n) is 6.18. The normalized spacial score (nSPS) is 13.4. The average molecular weight is 284 g/mol. The minimum atomic E-state index is -4.37. The quantitative estimate of drug-likeness (QED) is 0.938. The lowest BCUT2D eigenvalue weighted by Gasteiger charge is -2.16. The van der Waals surface area contributed by atoms with E-state index in [4.69, 9.17) is 0 Å². The van der Waals surface area contributed by atoms with Crippen LogP contribution in [0.4, 0.5) is 13.2 Å². The lowest BCUT2D eigenvalue weighted by atomic mass is 10.1. The molecule has 1 unspecified atom stereocenters. The van der Waals surface area contributed by atoms with Crippen LogP contribution in [0.5, 0.6) is 0 Å². The van der Waals surface area contributed by atoms with Gasteiger partial charge in [0.25, 0.3) is 0 Å². The molecule has 2 heterocycles. The Kier molecular flexibility index (Phi) is 4.08. The summed E-state index contributed by atoms with van der Waals surface area (Å²) < 4.78 is 39.2. The lowest BCUT2D eigenvalue weighted by Crippen LogP contribution is -2.23. The fourth-order valence-electron chi connectivity index (χ4n) is 1.90. The molecule has 0 aliphatic carbocycles. The third kappa shape index (κ3) is 3.16. The molecule has 1 N–H and O–H groups in total. The molecule has 7 heteroatoms. The molecule has 0 amide bonds. The van der Waals surface area contributed by atoms with Crippen molar-refractivity contribution in [3.63, 3.8) is 0 Å². The number of aromatic nitrogens is 3. The van der Waals surface area contributed by atoms with Crippen LogP contribution in [-0.2, 0) is 13.2 Å². The summed E-state index contributed by atoms with van der Waals surface area (Å²) in [5.74, 6) is 0. The molecule has 1 atom stereocenters. The van der Waals surface area contributed by atoms with Crippen molar-refractivity contribution in [1.82, 2.24) is 20.1 Å². The van der Waals surface area contributed by atoms with E-state index >= 15 is 0 Å². The van der Waals surface area contributed by atoms with Gasteiger partial charge in [0, 0.05) is 19.4 Å².